The van der Waals surface area contributed by atoms with E-state index < -0.39 is 0 Å². The van der Waals surface area contributed by atoms with Crippen molar-refractivity contribution < 1.29 is 4.74 Å². The van der Waals surface area contributed by atoms with E-state index in [1.807, 2.05) is 54.3 Å². The highest BCUT2D eigenvalue weighted by atomic mass is 32.1. The monoisotopic (exact) mass is 384 g/mol. The molecule has 7 nitrogen and oxygen atoms in total. The molecule has 0 atom stereocenters. The zero-order valence-electron chi connectivity index (χ0n) is 15.8. The Morgan fingerprint density at radius 1 is 1.22 bits per heavy atom. The van der Waals surface area contributed by atoms with E-state index in [2.05, 4.69) is 32.6 Å². The van der Waals surface area contributed by atoms with Gasteiger partial charge in [0.15, 0.2) is 5.96 Å². The minimum Gasteiger partial charge on any atom is -0.497 e. The first-order valence-corrected chi connectivity index (χ1v) is 9.62. The molecule has 0 bridgehead atoms. The fraction of sp³-hybridized carbons (Fsp3) is 0.316. The Bertz CT molecular complexity index is 884. The number of rotatable bonds is 7. The van der Waals surface area contributed by atoms with Crippen molar-refractivity contribution in [2.75, 3.05) is 13.7 Å². The van der Waals surface area contributed by atoms with E-state index in [0.29, 0.717) is 13.1 Å². The summed E-state index contributed by atoms with van der Waals surface area (Å²) in [7, 11) is 1.66. The molecule has 2 N–H and O–H groups in total. The van der Waals surface area contributed by atoms with Crippen molar-refractivity contribution in [2.24, 2.45) is 4.99 Å². The Labute approximate surface area is 163 Å². The molecule has 0 spiro atoms. The number of hydrogen-bond acceptors (Lipinski definition) is 5. The number of aliphatic imine (C=N–C) groups is 1. The van der Waals surface area contributed by atoms with Crippen LogP contribution < -0.4 is 15.4 Å². The molecule has 1 aromatic carbocycles. The van der Waals surface area contributed by atoms with Crippen molar-refractivity contribution in [1.29, 1.82) is 0 Å². The van der Waals surface area contributed by atoms with Crippen LogP contribution >= 0.6 is 11.3 Å². The minimum absolute atomic E-state index is 0.495. The average molecular weight is 385 g/mol. The predicted molar refractivity (Wildman–Crippen MR) is 109 cm³/mol. The molecule has 3 aromatic rings. The normalized spacial score (nSPS) is 11.4. The SMILES string of the molecule is CCNC(=NCc1ccn(-c2ccc(OC)cc2)n1)NCc1ncc(C)s1. The van der Waals surface area contributed by atoms with Gasteiger partial charge in [-0.3, -0.25) is 0 Å². The van der Waals surface area contributed by atoms with Crippen LogP contribution in [-0.4, -0.2) is 34.4 Å². The Hall–Kier alpha value is -2.87. The lowest BCUT2D eigenvalue weighted by atomic mass is 10.3. The van der Waals surface area contributed by atoms with Gasteiger partial charge < -0.3 is 15.4 Å². The molecule has 0 unspecified atom stereocenters. The van der Waals surface area contributed by atoms with E-state index in [1.54, 1.807) is 18.4 Å². The maximum Gasteiger partial charge on any atom is 0.191 e. The Morgan fingerprint density at radius 2 is 2.04 bits per heavy atom. The predicted octanol–water partition coefficient (Wildman–Crippen LogP) is 2.90. The molecular formula is C19H24N6OS. The standard InChI is InChI=1S/C19H24N6OS/c1-4-20-19(23-13-18-21-11-14(2)27-18)22-12-15-9-10-25(24-15)16-5-7-17(26-3)8-6-16/h5-11H,4,12-13H2,1-3H3,(H2,20,22,23). The van der Waals surface area contributed by atoms with E-state index in [4.69, 9.17) is 4.74 Å². The van der Waals surface area contributed by atoms with Gasteiger partial charge in [0.25, 0.3) is 0 Å². The molecular weight excluding hydrogens is 360 g/mol. The fourth-order valence-corrected chi connectivity index (χ4v) is 3.20. The number of aryl methyl sites for hydroxylation is 1. The number of nitrogens with one attached hydrogen (secondary N) is 2. The van der Waals surface area contributed by atoms with Gasteiger partial charge >= 0.3 is 0 Å². The zero-order valence-corrected chi connectivity index (χ0v) is 16.6. The molecule has 0 amide bonds. The fourth-order valence-electron chi connectivity index (χ4n) is 2.47. The van der Waals surface area contributed by atoms with Crippen LogP contribution in [-0.2, 0) is 13.1 Å². The lowest BCUT2D eigenvalue weighted by molar-refractivity contribution is 0.414. The number of thiazole rings is 1. The van der Waals surface area contributed by atoms with Gasteiger partial charge in [0.2, 0.25) is 0 Å². The first-order valence-electron chi connectivity index (χ1n) is 8.80. The highest BCUT2D eigenvalue weighted by molar-refractivity contribution is 7.11. The van der Waals surface area contributed by atoms with Gasteiger partial charge in [-0.2, -0.15) is 5.10 Å². The number of guanidine groups is 1. The second kappa shape index (κ2) is 9.18. The van der Waals surface area contributed by atoms with Crippen LogP contribution in [0.4, 0.5) is 0 Å². The highest BCUT2D eigenvalue weighted by Crippen LogP contribution is 2.15. The van der Waals surface area contributed by atoms with Crippen LogP contribution in [0.15, 0.2) is 47.7 Å². The van der Waals surface area contributed by atoms with Crippen molar-refractivity contribution in [3.63, 3.8) is 0 Å². The summed E-state index contributed by atoms with van der Waals surface area (Å²) < 4.78 is 7.03. The van der Waals surface area contributed by atoms with E-state index in [-0.39, 0.29) is 0 Å². The van der Waals surface area contributed by atoms with E-state index in [0.717, 1.165) is 34.6 Å². The largest absolute Gasteiger partial charge is 0.497 e. The Balaban J connectivity index is 1.62. The Kier molecular flexibility index (Phi) is 6.43. The number of hydrogen-bond donors (Lipinski definition) is 2. The highest BCUT2D eigenvalue weighted by Gasteiger charge is 2.04. The third-order valence-corrected chi connectivity index (χ3v) is 4.71. The molecule has 0 aliphatic carbocycles. The number of benzene rings is 1. The summed E-state index contributed by atoms with van der Waals surface area (Å²) in [6.45, 7) is 6.05. The van der Waals surface area contributed by atoms with E-state index in [1.165, 1.54) is 4.88 Å². The molecule has 0 radical (unpaired) electrons. The number of ether oxygens (including phenoxy) is 1. The van der Waals surface area contributed by atoms with Crippen LogP contribution in [0.1, 0.15) is 22.5 Å². The second-order valence-corrected chi connectivity index (χ2v) is 7.18. The van der Waals surface area contributed by atoms with Crippen LogP contribution in [0.2, 0.25) is 0 Å². The summed E-state index contributed by atoms with van der Waals surface area (Å²) in [6.07, 6.45) is 3.82. The van der Waals surface area contributed by atoms with Gasteiger partial charge in [0.05, 0.1) is 31.6 Å². The van der Waals surface area contributed by atoms with Crippen molar-refractivity contribution in [1.82, 2.24) is 25.4 Å². The summed E-state index contributed by atoms with van der Waals surface area (Å²) in [5.74, 6) is 1.58. The van der Waals surface area contributed by atoms with Crippen molar-refractivity contribution >= 4 is 17.3 Å². The van der Waals surface area contributed by atoms with E-state index in [9.17, 15) is 0 Å². The number of nitrogens with zero attached hydrogens (tertiary/aromatic N) is 4. The molecule has 0 aliphatic heterocycles. The molecule has 27 heavy (non-hydrogen) atoms. The third kappa shape index (κ3) is 5.30. The first kappa shape index (κ1) is 18.9. The molecule has 0 aliphatic rings. The number of methoxy groups -OCH3 is 1. The molecule has 3 rings (SSSR count). The minimum atomic E-state index is 0.495. The smallest absolute Gasteiger partial charge is 0.191 e. The maximum atomic E-state index is 5.19. The van der Waals surface area contributed by atoms with Gasteiger partial charge in [0, 0.05) is 23.8 Å². The summed E-state index contributed by atoms with van der Waals surface area (Å²) in [4.78, 5) is 10.2. The van der Waals surface area contributed by atoms with Crippen LogP contribution in [0.5, 0.6) is 5.75 Å². The molecule has 0 saturated carbocycles. The van der Waals surface area contributed by atoms with E-state index >= 15 is 0 Å². The zero-order chi connectivity index (χ0) is 19.1. The van der Waals surface area contributed by atoms with Crippen LogP contribution in [0.25, 0.3) is 5.69 Å². The molecule has 0 saturated heterocycles. The van der Waals surface area contributed by atoms with Crippen LogP contribution in [0.3, 0.4) is 0 Å². The third-order valence-electron chi connectivity index (χ3n) is 3.80. The number of aromatic nitrogens is 3. The summed E-state index contributed by atoms with van der Waals surface area (Å²) in [6, 6.07) is 9.76. The van der Waals surface area contributed by atoms with Crippen molar-refractivity contribution in [2.45, 2.75) is 26.9 Å². The summed E-state index contributed by atoms with van der Waals surface area (Å²) in [5, 5.41) is 12.2. The lowest BCUT2D eigenvalue weighted by Crippen LogP contribution is -2.36. The van der Waals surface area contributed by atoms with Crippen molar-refractivity contribution in [3.8, 4) is 11.4 Å². The molecule has 142 valence electrons. The topological polar surface area (TPSA) is 76.4 Å². The Morgan fingerprint density at radius 3 is 2.70 bits per heavy atom. The molecule has 8 heteroatoms. The summed E-state index contributed by atoms with van der Waals surface area (Å²) >= 11 is 1.68. The quantitative estimate of drug-likeness (QED) is 0.484. The summed E-state index contributed by atoms with van der Waals surface area (Å²) in [5.41, 5.74) is 1.88. The lowest BCUT2D eigenvalue weighted by Gasteiger charge is -2.09. The second-order valence-electron chi connectivity index (χ2n) is 5.86. The van der Waals surface area contributed by atoms with Crippen molar-refractivity contribution in [3.05, 3.63) is 58.3 Å². The van der Waals surface area contributed by atoms with Gasteiger partial charge in [-0.15, -0.1) is 11.3 Å². The van der Waals surface area contributed by atoms with Gasteiger partial charge in [-0.05, 0) is 44.2 Å². The van der Waals surface area contributed by atoms with Gasteiger partial charge in [-0.1, -0.05) is 0 Å². The molecule has 2 aromatic heterocycles. The van der Waals surface area contributed by atoms with Crippen LogP contribution in [0, 0.1) is 6.92 Å². The molecule has 0 fully saturated rings. The average Bonchev–Trinajstić information content (AvgIpc) is 3.33. The first-order chi connectivity index (χ1) is 13.2. The maximum absolute atomic E-state index is 5.19. The van der Waals surface area contributed by atoms with Gasteiger partial charge in [-0.25, -0.2) is 14.7 Å². The van der Waals surface area contributed by atoms with Gasteiger partial charge in [0.1, 0.15) is 10.8 Å². The molecule has 2 heterocycles.